The van der Waals surface area contributed by atoms with Gasteiger partial charge in [0.1, 0.15) is 29.7 Å². The second-order valence-corrected chi connectivity index (χ2v) is 24.2. The van der Waals surface area contributed by atoms with Crippen LogP contribution in [0.5, 0.6) is 5.75 Å². The minimum absolute atomic E-state index is 0.0374. The average molecular weight is 1150 g/mol. The summed E-state index contributed by atoms with van der Waals surface area (Å²) in [5, 5.41) is 8.40. The van der Waals surface area contributed by atoms with Crippen LogP contribution in [-0.2, 0) is 22.7 Å². The minimum atomic E-state index is -0.872. The first-order chi connectivity index (χ1) is 40.8. The van der Waals surface area contributed by atoms with Gasteiger partial charge in [-0.2, -0.15) is 0 Å². The second-order valence-electron chi connectivity index (χ2n) is 24.2. The molecule has 5 atom stereocenters. The number of primary amides is 1. The largest absolute Gasteiger partial charge is 0.496 e. The Morgan fingerprint density at radius 2 is 1.60 bits per heavy atom. The molecule has 2 bridgehead atoms. The van der Waals surface area contributed by atoms with E-state index in [0.717, 1.165) is 124 Å². The van der Waals surface area contributed by atoms with Gasteiger partial charge in [0, 0.05) is 144 Å². The molecule has 444 valence electrons. The Hall–Kier alpha value is -7.74. The highest BCUT2D eigenvalue weighted by Gasteiger charge is 2.46. The van der Waals surface area contributed by atoms with Crippen LogP contribution in [0.1, 0.15) is 92.2 Å². The molecule has 0 radical (unpaired) electrons. The number of ether oxygens (including phenoxy) is 2. The molecular formula is C64H79F2N13O5. The fourth-order valence-corrected chi connectivity index (χ4v) is 14.6. The number of H-pyrrole nitrogens is 1. The summed E-state index contributed by atoms with van der Waals surface area (Å²) in [5.74, 6) is 2.90. The van der Waals surface area contributed by atoms with Crippen molar-refractivity contribution in [3.8, 4) is 16.9 Å². The van der Waals surface area contributed by atoms with Crippen molar-refractivity contribution in [2.24, 2.45) is 23.5 Å². The number of piperidine rings is 3. The molecule has 20 heteroatoms. The van der Waals surface area contributed by atoms with Crippen molar-refractivity contribution in [1.29, 1.82) is 0 Å². The molecule has 6 aromatic rings. The quantitative estimate of drug-likeness (QED) is 0.0693. The Labute approximate surface area is 490 Å². The first-order valence-corrected chi connectivity index (χ1v) is 30.4. The van der Waals surface area contributed by atoms with Gasteiger partial charge < -0.3 is 49.6 Å². The number of piperazine rings is 1. The number of aromatic amines is 1. The zero-order valence-electron chi connectivity index (χ0n) is 48.7. The van der Waals surface area contributed by atoms with Crippen LogP contribution in [0.3, 0.4) is 0 Å². The van der Waals surface area contributed by atoms with Gasteiger partial charge in [0.2, 0.25) is 5.91 Å². The van der Waals surface area contributed by atoms with Crippen LogP contribution < -0.4 is 30.1 Å². The Balaban J connectivity index is 0.607. The molecule has 18 nitrogen and oxygen atoms in total. The summed E-state index contributed by atoms with van der Waals surface area (Å²) in [5.41, 5.74) is 12.1. The number of benzene rings is 3. The molecule has 3 aromatic heterocycles. The summed E-state index contributed by atoms with van der Waals surface area (Å²) in [6.07, 6.45) is 18.0. The number of unbranched alkanes of at least 4 members (excludes halogenated alkanes) is 3. The lowest BCUT2D eigenvalue weighted by atomic mass is 9.60. The smallest absolute Gasteiger partial charge is 0.404 e. The number of carbonyl (C=O) groups excluding carboxylic acids is 3. The predicted molar refractivity (Wildman–Crippen MR) is 322 cm³/mol. The lowest BCUT2D eigenvalue weighted by molar-refractivity contribution is -0.131. The Morgan fingerprint density at radius 3 is 2.38 bits per heavy atom. The molecule has 6 aliphatic heterocycles. The van der Waals surface area contributed by atoms with Gasteiger partial charge >= 0.3 is 6.09 Å². The van der Waals surface area contributed by atoms with Crippen molar-refractivity contribution in [3.05, 3.63) is 114 Å². The third-order valence-corrected chi connectivity index (χ3v) is 18.9. The zero-order valence-corrected chi connectivity index (χ0v) is 48.7. The van der Waals surface area contributed by atoms with Crippen LogP contribution in [0, 0.1) is 29.4 Å². The number of halogens is 2. The molecule has 3 aromatic carbocycles. The van der Waals surface area contributed by atoms with Crippen LogP contribution in [-0.4, -0.2) is 163 Å². The molecule has 1 aliphatic carbocycles. The number of methoxy groups -OCH3 is 1. The van der Waals surface area contributed by atoms with Crippen LogP contribution in [0.2, 0.25) is 0 Å². The zero-order chi connectivity index (χ0) is 58.0. The molecule has 5 saturated heterocycles. The molecule has 6 fully saturated rings. The second kappa shape index (κ2) is 24.8. The summed E-state index contributed by atoms with van der Waals surface area (Å²) in [7, 11) is 5.01. The lowest BCUT2D eigenvalue weighted by Crippen LogP contribution is -2.55. The molecule has 13 rings (SSSR count). The SMILES string of the molecule is COc1cc(N2CCN(CCCCCCC3[C@@H]4C[C@H]3CN(c3ccnc(N5CC[C@@H]6[C@H]5CCCN6c5cc(F)cc(COC(N)=O)c5)c3)C4)CC2)ccc1-c1cc(C2=CCCN(C(=O)CCn3ccnn3)C2)c(F)c2[nH]c(C(=O)N(C)C)cc12. The number of anilines is 4. The summed E-state index contributed by atoms with van der Waals surface area (Å²) in [6, 6.07) is 19.8. The number of nitrogens with one attached hydrogen (secondary N) is 1. The maximum atomic E-state index is 16.8. The first kappa shape index (κ1) is 56.7. The predicted octanol–water partition coefficient (Wildman–Crippen LogP) is 9.20. The van der Waals surface area contributed by atoms with Crippen molar-refractivity contribution in [1.82, 2.24) is 39.7 Å². The highest BCUT2D eigenvalue weighted by atomic mass is 19.1. The lowest BCUT2D eigenvalue weighted by Gasteiger charge is -2.54. The Bertz CT molecular complexity index is 3370. The molecule has 3 amide bonds. The van der Waals surface area contributed by atoms with Crippen molar-refractivity contribution in [2.45, 2.75) is 95.9 Å². The van der Waals surface area contributed by atoms with Gasteiger partial charge in [0.05, 0.1) is 37.5 Å². The van der Waals surface area contributed by atoms with Crippen LogP contribution in [0.25, 0.3) is 27.6 Å². The van der Waals surface area contributed by atoms with E-state index in [1.165, 1.54) is 55.2 Å². The number of nitrogens with zero attached hydrogens (tertiary/aromatic N) is 11. The van der Waals surface area contributed by atoms with Crippen molar-refractivity contribution < 1.29 is 32.6 Å². The van der Waals surface area contributed by atoms with Crippen molar-refractivity contribution in [2.75, 3.05) is 113 Å². The van der Waals surface area contributed by atoms with Gasteiger partial charge in [0.15, 0.2) is 5.82 Å². The summed E-state index contributed by atoms with van der Waals surface area (Å²) in [6.45, 7) is 10.0. The first-order valence-electron chi connectivity index (χ1n) is 30.4. The summed E-state index contributed by atoms with van der Waals surface area (Å²) in [4.78, 5) is 61.6. The maximum Gasteiger partial charge on any atom is 0.404 e. The number of pyridine rings is 1. The van der Waals surface area contributed by atoms with Crippen LogP contribution in [0.4, 0.5) is 36.5 Å². The number of rotatable bonds is 20. The van der Waals surface area contributed by atoms with Crippen LogP contribution >= 0.6 is 0 Å². The van der Waals surface area contributed by atoms with Crippen molar-refractivity contribution in [3.63, 3.8) is 0 Å². The van der Waals surface area contributed by atoms with E-state index in [9.17, 15) is 18.8 Å². The summed E-state index contributed by atoms with van der Waals surface area (Å²) < 4.78 is 44.4. The van der Waals surface area contributed by atoms with E-state index in [1.54, 1.807) is 55.3 Å². The van der Waals surface area contributed by atoms with E-state index in [2.05, 4.69) is 64.1 Å². The molecule has 1 unspecified atom stereocenters. The van der Waals surface area contributed by atoms with Gasteiger partial charge in [-0.15, -0.1) is 5.10 Å². The molecule has 9 heterocycles. The number of amides is 3. The van der Waals surface area contributed by atoms with E-state index in [0.29, 0.717) is 47.3 Å². The molecule has 3 N–H and O–H groups in total. The number of nitrogens with two attached hydrogens (primary N) is 1. The van der Waals surface area contributed by atoms with E-state index in [-0.39, 0.29) is 60.5 Å². The fraction of sp³-hybridized carbons (Fsp3) is 0.500. The monoisotopic (exact) mass is 1150 g/mol. The van der Waals surface area contributed by atoms with Gasteiger partial charge in [-0.25, -0.2) is 18.6 Å². The number of fused-ring (bicyclic) bond motifs is 4. The Morgan fingerprint density at radius 1 is 0.786 bits per heavy atom. The normalized spacial score (nSPS) is 21.6. The van der Waals surface area contributed by atoms with Gasteiger partial charge in [0.25, 0.3) is 5.91 Å². The Kier molecular flexibility index (Phi) is 16.8. The standard InChI is InChI=1S/C64H79F2N13O5/c1-72(2)63(81)55-37-54-53(36-52(61(66)62(54)70-55)43-10-8-21-75(38-43)60(80)17-23-77-25-19-69-71-77)51-14-13-47(34-58(51)83-3)74-28-26-73(27-29-74)20-7-5-4-6-11-50-44-32-45(50)40-76(39-44)48-15-18-68-59(35-48)79-24-16-57-56(79)12-9-22-78(57)49-31-42(30-46(65)33-49)41-84-64(67)82/h10,13-15,18-19,25,30-31,33-37,44-45,50,56-57,70H,4-9,11-12,16-17,20-24,26-29,32,38-41H2,1-3H3,(H2,67,82)/t44-,45+,50?,56-,57-/m1/s1. The number of hydrogen-bond acceptors (Lipinski definition) is 13. The maximum absolute atomic E-state index is 16.8. The molecule has 0 spiro atoms. The fourth-order valence-electron chi connectivity index (χ4n) is 14.6. The number of aryl methyl sites for hydroxylation is 1. The third-order valence-electron chi connectivity index (χ3n) is 18.9. The summed E-state index contributed by atoms with van der Waals surface area (Å²) >= 11 is 0. The van der Waals surface area contributed by atoms with Crippen LogP contribution in [0.15, 0.2) is 85.3 Å². The highest BCUT2D eigenvalue weighted by Crippen LogP contribution is 2.50. The molecule has 84 heavy (non-hydrogen) atoms. The van der Waals surface area contributed by atoms with Gasteiger partial charge in [-0.1, -0.05) is 30.6 Å². The van der Waals surface area contributed by atoms with E-state index < -0.39 is 11.9 Å². The van der Waals surface area contributed by atoms with E-state index >= 15 is 4.39 Å². The van der Waals surface area contributed by atoms with Gasteiger partial charge in [-0.3, -0.25) is 19.2 Å². The number of hydrogen-bond donors (Lipinski definition) is 2. The van der Waals surface area contributed by atoms with Gasteiger partial charge in [-0.05, 0) is 134 Å². The number of aromatic nitrogens is 5. The van der Waals surface area contributed by atoms with E-state index in [4.69, 9.17) is 20.2 Å². The minimum Gasteiger partial charge on any atom is -0.496 e. The van der Waals surface area contributed by atoms with Crippen molar-refractivity contribution >= 4 is 57.3 Å². The van der Waals surface area contributed by atoms with E-state index in [1.807, 2.05) is 30.5 Å². The molecule has 7 aliphatic rings. The molecule has 1 saturated carbocycles. The number of carbonyl (C=O) groups is 3. The topological polar surface area (TPSA) is 178 Å². The average Bonchev–Trinajstić information content (AvgIpc) is 4.10. The highest BCUT2D eigenvalue weighted by molar-refractivity contribution is 6.05. The third kappa shape index (κ3) is 12.0. The molecular weight excluding hydrogens is 1070 g/mol.